The van der Waals surface area contributed by atoms with Gasteiger partial charge >= 0.3 is 0 Å². The van der Waals surface area contributed by atoms with E-state index in [2.05, 4.69) is 54.8 Å². The Labute approximate surface area is 123 Å². The van der Waals surface area contributed by atoms with Crippen LogP contribution in [0, 0.1) is 0 Å². The molecule has 2 heteroatoms. The van der Waals surface area contributed by atoms with E-state index in [4.69, 9.17) is 0 Å². The molecule has 0 saturated heterocycles. The maximum absolute atomic E-state index is 2.37. The normalized spacial score (nSPS) is 14.2. The summed E-state index contributed by atoms with van der Waals surface area (Å²) < 4.78 is 0. The highest BCUT2D eigenvalue weighted by Crippen LogP contribution is 2.33. The highest BCUT2D eigenvalue weighted by atomic mass is 127. The Balaban J connectivity index is 0.00000108. The maximum atomic E-state index is 2.37. The third kappa shape index (κ3) is 2.52. The molecule has 88 valence electrons. The van der Waals surface area contributed by atoms with Crippen molar-refractivity contribution in [3.05, 3.63) is 59.7 Å². The molecule has 3 rings (SSSR count). The van der Waals surface area contributed by atoms with Crippen LogP contribution in [0.4, 0.5) is 0 Å². The van der Waals surface area contributed by atoms with Crippen LogP contribution in [0.25, 0.3) is 11.1 Å². The average Bonchev–Trinajstić information content (AvgIpc) is 2.44. The van der Waals surface area contributed by atoms with Crippen LogP contribution in [-0.2, 0) is 22.4 Å². The van der Waals surface area contributed by atoms with Crippen LogP contribution in [0.15, 0.2) is 48.5 Å². The van der Waals surface area contributed by atoms with E-state index in [0.717, 1.165) is 0 Å². The Bertz CT molecular complexity index is 474. The summed E-state index contributed by atoms with van der Waals surface area (Å²) in [6.07, 6.45) is 2.37. The summed E-state index contributed by atoms with van der Waals surface area (Å²) in [4.78, 5) is 0. The minimum absolute atomic E-state index is 0. The Hall–Kier alpha value is -0.480. The first-order valence-electron chi connectivity index (χ1n) is 5.60. The lowest BCUT2D eigenvalue weighted by atomic mass is 9.97. The Kier molecular flexibility index (Phi) is 4.15. The zero-order valence-corrected chi connectivity index (χ0v) is 12.8. The van der Waals surface area contributed by atoms with Gasteiger partial charge in [0, 0.05) is 11.1 Å². The monoisotopic (exact) mass is 354 g/mol. The zero-order chi connectivity index (χ0) is 11.0. The molecule has 0 bridgehead atoms. The Morgan fingerprint density at radius 3 is 1.65 bits per heavy atom. The van der Waals surface area contributed by atoms with Gasteiger partial charge in [-0.2, -0.15) is 0 Å². The number of benzene rings is 2. The molecule has 1 aliphatic heterocycles. The van der Waals surface area contributed by atoms with Crippen LogP contribution in [0.5, 0.6) is 0 Å². The first kappa shape index (κ1) is 13.0. The number of hydrogen-bond acceptors (Lipinski definition) is 0. The summed E-state index contributed by atoms with van der Waals surface area (Å²) in [5.74, 6) is 2.45. The van der Waals surface area contributed by atoms with E-state index < -0.39 is 0 Å². The fourth-order valence-corrected chi connectivity index (χ4v) is 4.07. The largest absolute Gasteiger partial charge is 1.00 e. The smallest absolute Gasteiger partial charge is 0.133 e. The van der Waals surface area contributed by atoms with Crippen molar-refractivity contribution in [1.82, 2.24) is 0 Å². The predicted molar refractivity (Wildman–Crippen MR) is 72.6 cm³/mol. The molecule has 0 fully saturated rings. The van der Waals surface area contributed by atoms with Gasteiger partial charge < -0.3 is 24.0 Å². The van der Waals surface area contributed by atoms with E-state index in [1.54, 1.807) is 0 Å². The van der Waals surface area contributed by atoms with Gasteiger partial charge in [0.05, 0.1) is 6.26 Å². The summed E-state index contributed by atoms with van der Waals surface area (Å²) in [6.45, 7) is 0. The predicted octanol–water partition coefficient (Wildman–Crippen LogP) is 0.619. The Morgan fingerprint density at radius 2 is 1.18 bits per heavy atom. The second kappa shape index (κ2) is 5.44. The second-order valence-corrected chi connectivity index (χ2v) is 6.52. The molecule has 0 aliphatic carbocycles. The minimum Gasteiger partial charge on any atom is -1.00 e. The lowest BCUT2D eigenvalue weighted by Gasteiger charge is -2.05. The summed E-state index contributed by atoms with van der Waals surface area (Å²) in [5.41, 5.74) is 5.90. The fourth-order valence-electron chi connectivity index (χ4n) is 2.40. The highest BCUT2D eigenvalue weighted by molar-refractivity contribution is 7.94. The van der Waals surface area contributed by atoms with Gasteiger partial charge in [0.2, 0.25) is 0 Å². The standard InChI is InChI=1S/C15H15S.HI/c1-16-10-12-6-2-4-8-14(12)15-9-5-3-7-13(15)11-16;/h2-9H,10-11H2,1H3;1H/q+1;/p-1. The van der Waals surface area contributed by atoms with Crippen molar-refractivity contribution in [1.29, 1.82) is 0 Å². The van der Waals surface area contributed by atoms with E-state index in [0.29, 0.717) is 10.9 Å². The molecule has 2 aromatic rings. The molecular formula is C15H15IS. The molecule has 0 saturated carbocycles. The van der Waals surface area contributed by atoms with Gasteiger partial charge in [-0.05, 0) is 22.0 Å². The van der Waals surface area contributed by atoms with Crippen molar-refractivity contribution in [2.45, 2.75) is 11.5 Å². The molecular weight excluding hydrogens is 339 g/mol. The molecule has 17 heavy (non-hydrogen) atoms. The molecule has 0 aromatic heterocycles. The van der Waals surface area contributed by atoms with Crippen molar-refractivity contribution >= 4 is 10.9 Å². The van der Waals surface area contributed by atoms with Gasteiger partial charge in [0.25, 0.3) is 0 Å². The summed E-state index contributed by atoms with van der Waals surface area (Å²) in [5, 5.41) is 0. The van der Waals surface area contributed by atoms with Gasteiger partial charge in [-0.1, -0.05) is 48.5 Å². The second-order valence-electron chi connectivity index (χ2n) is 4.38. The number of halogens is 1. The SMILES string of the molecule is C[S+]1Cc2ccccc2-c2ccccc2C1.[I-]. The fraction of sp³-hybridized carbons (Fsp3) is 0.200. The van der Waals surface area contributed by atoms with Gasteiger partial charge in [0.1, 0.15) is 11.5 Å². The van der Waals surface area contributed by atoms with Gasteiger partial charge in [-0.25, -0.2) is 0 Å². The topological polar surface area (TPSA) is 0 Å². The number of rotatable bonds is 0. The third-order valence-electron chi connectivity index (χ3n) is 3.13. The summed E-state index contributed by atoms with van der Waals surface area (Å²) >= 11 is 0. The molecule has 0 radical (unpaired) electrons. The van der Waals surface area contributed by atoms with Crippen LogP contribution in [0.2, 0.25) is 0 Å². The average molecular weight is 354 g/mol. The number of hydrogen-bond donors (Lipinski definition) is 0. The zero-order valence-electron chi connectivity index (χ0n) is 9.82. The highest BCUT2D eigenvalue weighted by Gasteiger charge is 2.23. The van der Waals surface area contributed by atoms with Crippen LogP contribution in [0.1, 0.15) is 11.1 Å². The summed E-state index contributed by atoms with van der Waals surface area (Å²) in [6, 6.07) is 17.7. The van der Waals surface area contributed by atoms with Gasteiger partial charge in [0.15, 0.2) is 0 Å². The third-order valence-corrected chi connectivity index (χ3v) is 4.74. The van der Waals surface area contributed by atoms with Crippen molar-refractivity contribution in [3.63, 3.8) is 0 Å². The first-order valence-corrected chi connectivity index (χ1v) is 7.57. The van der Waals surface area contributed by atoms with E-state index in [1.807, 2.05) is 0 Å². The molecule has 0 amide bonds. The van der Waals surface area contributed by atoms with Crippen LogP contribution >= 0.6 is 0 Å². The first-order chi connectivity index (χ1) is 7.84. The van der Waals surface area contributed by atoms with Crippen LogP contribution in [-0.4, -0.2) is 6.26 Å². The van der Waals surface area contributed by atoms with Crippen LogP contribution in [0.3, 0.4) is 0 Å². The molecule has 1 heterocycles. The van der Waals surface area contributed by atoms with Crippen molar-refractivity contribution < 1.29 is 24.0 Å². The van der Waals surface area contributed by atoms with E-state index >= 15 is 0 Å². The molecule has 2 aromatic carbocycles. The van der Waals surface area contributed by atoms with E-state index in [1.165, 1.54) is 33.8 Å². The molecule has 0 spiro atoms. The van der Waals surface area contributed by atoms with Crippen molar-refractivity contribution in [3.8, 4) is 11.1 Å². The van der Waals surface area contributed by atoms with Gasteiger partial charge in [-0.3, -0.25) is 0 Å². The van der Waals surface area contributed by atoms with Crippen LogP contribution < -0.4 is 24.0 Å². The van der Waals surface area contributed by atoms with E-state index in [9.17, 15) is 0 Å². The molecule has 0 N–H and O–H groups in total. The number of fused-ring (bicyclic) bond motifs is 3. The molecule has 0 atom stereocenters. The minimum atomic E-state index is 0. The quantitative estimate of drug-likeness (QED) is 0.481. The Morgan fingerprint density at radius 1 is 0.765 bits per heavy atom. The van der Waals surface area contributed by atoms with Crippen molar-refractivity contribution in [2.75, 3.05) is 6.26 Å². The molecule has 0 nitrogen and oxygen atoms in total. The van der Waals surface area contributed by atoms with Crippen molar-refractivity contribution in [2.24, 2.45) is 0 Å². The maximum Gasteiger partial charge on any atom is 0.133 e. The lowest BCUT2D eigenvalue weighted by molar-refractivity contribution is -0.00000325. The molecule has 1 aliphatic rings. The van der Waals surface area contributed by atoms with E-state index in [-0.39, 0.29) is 24.0 Å². The lowest BCUT2D eigenvalue weighted by Crippen LogP contribution is -3.00. The molecule has 0 unspecified atom stereocenters. The van der Waals surface area contributed by atoms with Gasteiger partial charge in [-0.15, -0.1) is 0 Å². The summed E-state index contributed by atoms with van der Waals surface area (Å²) in [7, 11) is 0.470.